The number of aliphatic hydroxyl groups excluding tert-OH is 1. The highest BCUT2D eigenvalue weighted by Crippen LogP contribution is 2.27. The zero-order valence-electron chi connectivity index (χ0n) is 16.5. The molecule has 158 valence electrons. The first-order valence-corrected chi connectivity index (χ1v) is 10.5. The molecule has 8 nitrogen and oxygen atoms in total. The van der Waals surface area contributed by atoms with Crippen molar-refractivity contribution in [2.45, 2.75) is 50.4 Å². The Kier molecular flexibility index (Phi) is 8.27. The molecule has 0 aromatic rings. The van der Waals surface area contributed by atoms with Gasteiger partial charge in [-0.1, -0.05) is 18.6 Å². The van der Waals surface area contributed by atoms with E-state index in [4.69, 9.17) is 9.47 Å². The summed E-state index contributed by atoms with van der Waals surface area (Å²) in [7, 11) is 0. The standard InChI is InChI=1S/C20H33N3O5/c24-14-18-17(22-20(26)15-3-1-4-15)6-5-16(28-18)13-19(25)21-7-2-8-23-9-11-27-12-10-23/h5-6,15-18,24H,1-4,7-14H2,(H,21,25)(H,22,26)/t16-,17-,18-/m1/s1. The molecule has 3 aliphatic rings. The number of amides is 2. The Hall–Kier alpha value is -1.48. The number of carbonyl (C=O) groups is 2. The van der Waals surface area contributed by atoms with Crippen molar-refractivity contribution >= 4 is 11.8 Å². The molecule has 1 aliphatic carbocycles. The summed E-state index contributed by atoms with van der Waals surface area (Å²) >= 11 is 0. The number of aliphatic hydroxyl groups is 1. The Balaban J connectivity index is 1.35. The van der Waals surface area contributed by atoms with Crippen LogP contribution in [0, 0.1) is 5.92 Å². The molecule has 3 atom stereocenters. The van der Waals surface area contributed by atoms with E-state index in [2.05, 4.69) is 15.5 Å². The molecule has 1 saturated carbocycles. The summed E-state index contributed by atoms with van der Waals surface area (Å²) in [4.78, 5) is 26.6. The van der Waals surface area contributed by atoms with Crippen molar-refractivity contribution in [1.82, 2.24) is 15.5 Å². The first kappa shape index (κ1) is 21.2. The first-order valence-electron chi connectivity index (χ1n) is 10.5. The molecule has 0 unspecified atom stereocenters. The van der Waals surface area contributed by atoms with Gasteiger partial charge < -0.3 is 25.2 Å². The first-order chi connectivity index (χ1) is 13.7. The summed E-state index contributed by atoms with van der Waals surface area (Å²) in [5, 5.41) is 15.5. The van der Waals surface area contributed by atoms with Crippen LogP contribution in [0.25, 0.3) is 0 Å². The van der Waals surface area contributed by atoms with Gasteiger partial charge in [-0.25, -0.2) is 0 Å². The lowest BCUT2D eigenvalue weighted by Crippen LogP contribution is -2.51. The fourth-order valence-electron chi connectivity index (χ4n) is 3.70. The van der Waals surface area contributed by atoms with Crippen LogP contribution in [-0.2, 0) is 19.1 Å². The van der Waals surface area contributed by atoms with Crippen molar-refractivity contribution in [2.24, 2.45) is 5.92 Å². The van der Waals surface area contributed by atoms with Gasteiger partial charge in [0.1, 0.15) is 6.10 Å². The normalized spacial score (nSPS) is 28.5. The fourth-order valence-corrected chi connectivity index (χ4v) is 3.70. The number of nitrogens with one attached hydrogen (secondary N) is 2. The molecular weight excluding hydrogens is 362 g/mol. The second-order valence-corrected chi connectivity index (χ2v) is 7.80. The van der Waals surface area contributed by atoms with Crippen LogP contribution in [-0.4, -0.2) is 86.1 Å². The molecule has 3 rings (SSSR count). The predicted molar refractivity (Wildman–Crippen MR) is 104 cm³/mol. The summed E-state index contributed by atoms with van der Waals surface area (Å²) in [6.45, 7) is 4.87. The van der Waals surface area contributed by atoms with E-state index in [1.54, 1.807) is 0 Å². The van der Waals surface area contributed by atoms with E-state index in [-0.39, 0.29) is 42.9 Å². The van der Waals surface area contributed by atoms with Gasteiger partial charge >= 0.3 is 0 Å². The maximum Gasteiger partial charge on any atom is 0.223 e. The van der Waals surface area contributed by atoms with Crippen LogP contribution in [0.3, 0.4) is 0 Å². The minimum atomic E-state index is -0.520. The molecule has 3 N–H and O–H groups in total. The van der Waals surface area contributed by atoms with Crippen LogP contribution in [0.15, 0.2) is 12.2 Å². The smallest absolute Gasteiger partial charge is 0.223 e. The lowest BCUT2D eigenvalue weighted by Gasteiger charge is -2.33. The highest BCUT2D eigenvalue weighted by Gasteiger charge is 2.32. The molecule has 1 saturated heterocycles. The number of morpholine rings is 1. The zero-order valence-corrected chi connectivity index (χ0v) is 16.5. The van der Waals surface area contributed by atoms with Gasteiger partial charge in [-0.05, 0) is 25.8 Å². The molecule has 8 heteroatoms. The van der Waals surface area contributed by atoms with E-state index in [0.717, 1.165) is 58.5 Å². The van der Waals surface area contributed by atoms with Gasteiger partial charge in [0.2, 0.25) is 11.8 Å². The molecular formula is C20H33N3O5. The van der Waals surface area contributed by atoms with Crippen molar-refractivity contribution in [2.75, 3.05) is 46.0 Å². The second-order valence-electron chi connectivity index (χ2n) is 7.80. The fraction of sp³-hybridized carbons (Fsp3) is 0.800. The number of rotatable bonds is 9. The third-order valence-corrected chi connectivity index (χ3v) is 5.71. The van der Waals surface area contributed by atoms with E-state index in [9.17, 15) is 14.7 Å². The van der Waals surface area contributed by atoms with Gasteiger partial charge in [0.25, 0.3) is 0 Å². The van der Waals surface area contributed by atoms with E-state index >= 15 is 0 Å². The van der Waals surface area contributed by atoms with E-state index < -0.39 is 6.10 Å². The lowest BCUT2D eigenvalue weighted by atomic mass is 9.84. The van der Waals surface area contributed by atoms with Gasteiger partial charge in [-0.2, -0.15) is 0 Å². The molecule has 2 amide bonds. The SMILES string of the molecule is O=C(C[C@H]1C=C[C@@H](NC(=O)C2CCC2)[C@@H](CO)O1)NCCCN1CCOCC1. The van der Waals surface area contributed by atoms with E-state index in [1.165, 1.54) is 0 Å². The van der Waals surface area contributed by atoms with Crippen molar-refractivity contribution in [3.05, 3.63) is 12.2 Å². The van der Waals surface area contributed by atoms with Gasteiger partial charge in [0.15, 0.2) is 0 Å². The number of hydrogen-bond donors (Lipinski definition) is 3. The van der Waals surface area contributed by atoms with Gasteiger partial charge in [0.05, 0.1) is 38.4 Å². The monoisotopic (exact) mass is 395 g/mol. The third kappa shape index (κ3) is 6.27. The summed E-state index contributed by atoms with van der Waals surface area (Å²) < 4.78 is 11.1. The topological polar surface area (TPSA) is 100 Å². The summed E-state index contributed by atoms with van der Waals surface area (Å²) in [5.41, 5.74) is 0. The highest BCUT2D eigenvalue weighted by molar-refractivity contribution is 5.80. The van der Waals surface area contributed by atoms with Gasteiger partial charge in [-0.15, -0.1) is 0 Å². The van der Waals surface area contributed by atoms with Gasteiger partial charge in [0, 0.05) is 25.6 Å². The van der Waals surface area contributed by atoms with Crippen molar-refractivity contribution in [3.63, 3.8) is 0 Å². The Labute approximate surface area is 166 Å². The third-order valence-electron chi connectivity index (χ3n) is 5.71. The molecule has 2 heterocycles. The number of carbonyl (C=O) groups excluding carboxylic acids is 2. The molecule has 0 aromatic carbocycles. The van der Waals surface area contributed by atoms with E-state index in [0.29, 0.717) is 6.54 Å². The lowest BCUT2D eigenvalue weighted by molar-refractivity contribution is -0.131. The summed E-state index contributed by atoms with van der Waals surface area (Å²) in [6.07, 6.45) is 6.84. The van der Waals surface area contributed by atoms with E-state index in [1.807, 2.05) is 12.2 Å². The van der Waals surface area contributed by atoms with Crippen LogP contribution in [0.2, 0.25) is 0 Å². The summed E-state index contributed by atoms with van der Waals surface area (Å²) in [5.74, 6) is 0.0541. The van der Waals surface area contributed by atoms with Gasteiger partial charge in [-0.3, -0.25) is 14.5 Å². The maximum absolute atomic E-state index is 12.2. The molecule has 2 aliphatic heterocycles. The van der Waals surface area contributed by atoms with Crippen LogP contribution in [0.5, 0.6) is 0 Å². The Bertz CT molecular complexity index is 546. The highest BCUT2D eigenvalue weighted by atomic mass is 16.5. The average Bonchev–Trinajstić information content (AvgIpc) is 2.66. The van der Waals surface area contributed by atoms with Crippen molar-refractivity contribution < 1.29 is 24.2 Å². The molecule has 2 fully saturated rings. The van der Waals surface area contributed by atoms with Crippen LogP contribution in [0.1, 0.15) is 32.1 Å². The quantitative estimate of drug-likeness (QED) is 0.370. The second kappa shape index (κ2) is 10.9. The van der Waals surface area contributed by atoms with Crippen molar-refractivity contribution in [1.29, 1.82) is 0 Å². The number of nitrogens with zero attached hydrogens (tertiary/aromatic N) is 1. The molecule has 0 bridgehead atoms. The Morgan fingerprint density at radius 1 is 1.18 bits per heavy atom. The number of ether oxygens (including phenoxy) is 2. The van der Waals surface area contributed by atoms with Crippen LogP contribution >= 0.6 is 0 Å². The van der Waals surface area contributed by atoms with Crippen LogP contribution in [0.4, 0.5) is 0 Å². The largest absolute Gasteiger partial charge is 0.394 e. The molecule has 28 heavy (non-hydrogen) atoms. The van der Waals surface area contributed by atoms with Crippen molar-refractivity contribution in [3.8, 4) is 0 Å². The zero-order chi connectivity index (χ0) is 19.8. The van der Waals surface area contributed by atoms with Crippen LogP contribution < -0.4 is 10.6 Å². The Morgan fingerprint density at radius 3 is 2.64 bits per heavy atom. The maximum atomic E-state index is 12.2. The average molecular weight is 396 g/mol. The molecule has 0 aromatic heterocycles. The summed E-state index contributed by atoms with van der Waals surface area (Å²) in [6, 6.07) is -0.342. The number of hydrogen-bond acceptors (Lipinski definition) is 6. The Morgan fingerprint density at radius 2 is 1.96 bits per heavy atom. The minimum absolute atomic E-state index is 0.0272. The minimum Gasteiger partial charge on any atom is -0.394 e. The molecule has 0 spiro atoms. The molecule has 0 radical (unpaired) electrons. The predicted octanol–water partition coefficient (Wildman–Crippen LogP) is -0.184.